The summed E-state index contributed by atoms with van der Waals surface area (Å²) in [4.78, 5) is 0. The average molecular weight is 295 g/mol. The highest BCUT2D eigenvalue weighted by Crippen LogP contribution is 2.13. The normalized spacial score (nSPS) is 11.4. The second-order valence-electron chi connectivity index (χ2n) is 4.32. The third-order valence-corrected chi connectivity index (χ3v) is 4.17. The van der Waals surface area contributed by atoms with Crippen molar-refractivity contribution in [2.75, 3.05) is 12.9 Å². The van der Waals surface area contributed by atoms with Crippen molar-refractivity contribution in [1.82, 2.24) is 4.72 Å². The molecule has 1 heterocycles. The molecule has 0 saturated heterocycles. The van der Waals surface area contributed by atoms with Crippen LogP contribution in [0, 0.1) is 0 Å². The molecule has 0 unspecified atom stereocenters. The number of aryl methyl sites for hydroxylation is 1. The number of nitrogens with one attached hydrogen (secondary N) is 1. The van der Waals surface area contributed by atoms with Gasteiger partial charge in [0.1, 0.15) is 11.5 Å². The Morgan fingerprint density at radius 1 is 1.25 bits per heavy atom. The largest absolute Gasteiger partial charge is 0.497 e. The maximum absolute atomic E-state index is 11.9. The van der Waals surface area contributed by atoms with E-state index in [1.165, 1.54) is 6.26 Å². The second-order valence-corrected chi connectivity index (χ2v) is 6.25. The minimum atomic E-state index is -3.33. The minimum Gasteiger partial charge on any atom is -0.497 e. The smallest absolute Gasteiger partial charge is 0.212 e. The van der Waals surface area contributed by atoms with E-state index in [0.29, 0.717) is 12.2 Å². The van der Waals surface area contributed by atoms with Crippen molar-refractivity contribution in [1.29, 1.82) is 0 Å². The van der Waals surface area contributed by atoms with Crippen LogP contribution < -0.4 is 9.46 Å². The van der Waals surface area contributed by atoms with Crippen LogP contribution in [0.5, 0.6) is 5.75 Å². The molecule has 0 aliphatic rings. The summed E-state index contributed by atoms with van der Waals surface area (Å²) in [5.74, 6) is 1.35. The third kappa shape index (κ3) is 4.40. The van der Waals surface area contributed by atoms with E-state index in [0.717, 1.165) is 11.3 Å². The number of hydrogen-bond acceptors (Lipinski definition) is 4. The molecule has 0 aliphatic carbocycles. The van der Waals surface area contributed by atoms with Crippen LogP contribution in [0.2, 0.25) is 0 Å². The van der Waals surface area contributed by atoms with Crippen molar-refractivity contribution in [2.24, 2.45) is 0 Å². The van der Waals surface area contributed by atoms with E-state index >= 15 is 0 Å². The van der Waals surface area contributed by atoms with E-state index in [2.05, 4.69) is 4.72 Å². The zero-order valence-electron chi connectivity index (χ0n) is 11.2. The van der Waals surface area contributed by atoms with Gasteiger partial charge >= 0.3 is 0 Å². The highest BCUT2D eigenvalue weighted by atomic mass is 32.2. The van der Waals surface area contributed by atoms with E-state index in [4.69, 9.17) is 9.15 Å². The summed E-state index contributed by atoms with van der Waals surface area (Å²) in [7, 11) is -1.74. The standard InChI is InChI=1S/C14H17NO4S/c1-18-13-5-2-4-12(10-13)7-9-20(16,17)15-11-14-6-3-8-19-14/h2-6,8,10,15H,7,9,11H2,1H3. The van der Waals surface area contributed by atoms with Gasteiger partial charge in [0.25, 0.3) is 0 Å². The number of rotatable bonds is 7. The molecule has 0 aliphatic heterocycles. The lowest BCUT2D eigenvalue weighted by Crippen LogP contribution is -2.26. The van der Waals surface area contributed by atoms with Crippen molar-refractivity contribution in [2.45, 2.75) is 13.0 Å². The van der Waals surface area contributed by atoms with E-state index in [-0.39, 0.29) is 12.3 Å². The van der Waals surface area contributed by atoms with Gasteiger partial charge in [0.2, 0.25) is 10.0 Å². The van der Waals surface area contributed by atoms with Gasteiger partial charge < -0.3 is 9.15 Å². The topological polar surface area (TPSA) is 68.5 Å². The Morgan fingerprint density at radius 2 is 2.10 bits per heavy atom. The van der Waals surface area contributed by atoms with Crippen LogP contribution in [0.4, 0.5) is 0 Å². The molecule has 1 N–H and O–H groups in total. The van der Waals surface area contributed by atoms with E-state index in [9.17, 15) is 8.42 Å². The van der Waals surface area contributed by atoms with Gasteiger partial charge in [-0.25, -0.2) is 13.1 Å². The summed E-state index contributed by atoms with van der Waals surface area (Å²) in [6.45, 7) is 0.174. The molecule has 2 aromatic rings. The number of furan rings is 1. The second kappa shape index (κ2) is 6.58. The van der Waals surface area contributed by atoms with Crippen molar-refractivity contribution in [3.05, 3.63) is 54.0 Å². The molecule has 6 heteroatoms. The fraction of sp³-hybridized carbons (Fsp3) is 0.286. The van der Waals surface area contributed by atoms with Crippen molar-refractivity contribution < 1.29 is 17.6 Å². The summed E-state index contributed by atoms with van der Waals surface area (Å²) in [6, 6.07) is 10.8. The average Bonchev–Trinajstić information content (AvgIpc) is 2.97. The van der Waals surface area contributed by atoms with Gasteiger partial charge in [-0.3, -0.25) is 0 Å². The monoisotopic (exact) mass is 295 g/mol. The highest BCUT2D eigenvalue weighted by molar-refractivity contribution is 7.89. The van der Waals surface area contributed by atoms with Gasteiger partial charge in [-0.2, -0.15) is 0 Å². The molecule has 2 rings (SSSR count). The van der Waals surface area contributed by atoms with Crippen molar-refractivity contribution >= 4 is 10.0 Å². The SMILES string of the molecule is COc1cccc(CCS(=O)(=O)NCc2ccco2)c1. The molecule has 0 fully saturated rings. The Balaban J connectivity index is 1.88. The van der Waals surface area contributed by atoms with Gasteiger partial charge in [0.05, 0.1) is 25.7 Å². The van der Waals surface area contributed by atoms with Crippen molar-refractivity contribution in [3.8, 4) is 5.75 Å². The molecule has 20 heavy (non-hydrogen) atoms. The fourth-order valence-electron chi connectivity index (χ4n) is 1.75. The molecule has 0 saturated carbocycles. The lowest BCUT2D eigenvalue weighted by molar-refractivity contribution is 0.414. The molecule has 0 atom stereocenters. The fourth-order valence-corrected chi connectivity index (χ4v) is 2.76. The summed E-state index contributed by atoms with van der Waals surface area (Å²) < 4.78 is 36.4. The van der Waals surface area contributed by atoms with Crippen LogP contribution >= 0.6 is 0 Å². The zero-order valence-corrected chi connectivity index (χ0v) is 12.0. The first kappa shape index (κ1) is 14.6. The Morgan fingerprint density at radius 3 is 2.80 bits per heavy atom. The Labute approximate surface area is 118 Å². The van der Waals surface area contributed by atoms with Gasteiger partial charge in [0, 0.05) is 0 Å². The summed E-state index contributed by atoms with van der Waals surface area (Å²) in [6.07, 6.45) is 1.95. The van der Waals surface area contributed by atoms with E-state index < -0.39 is 10.0 Å². The molecular formula is C14H17NO4S. The zero-order chi connectivity index (χ0) is 14.4. The minimum absolute atomic E-state index is 0.0286. The molecule has 108 valence electrons. The molecule has 1 aromatic carbocycles. The first-order valence-electron chi connectivity index (χ1n) is 6.22. The number of benzene rings is 1. The third-order valence-electron chi connectivity index (χ3n) is 2.84. The first-order chi connectivity index (χ1) is 9.59. The predicted octanol–water partition coefficient (Wildman–Crippen LogP) is 1.95. The van der Waals surface area contributed by atoms with Gasteiger partial charge in [-0.15, -0.1) is 0 Å². The molecule has 1 aromatic heterocycles. The number of methoxy groups -OCH3 is 1. The summed E-state index contributed by atoms with van der Waals surface area (Å²) >= 11 is 0. The predicted molar refractivity (Wildman–Crippen MR) is 76.0 cm³/mol. The van der Waals surface area contributed by atoms with Crippen LogP contribution in [0.3, 0.4) is 0 Å². The lowest BCUT2D eigenvalue weighted by Gasteiger charge is -2.06. The Kier molecular flexibility index (Phi) is 4.81. The van der Waals surface area contributed by atoms with Crippen LogP contribution in [0.1, 0.15) is 11.3 Å². The number of hydrogen-bond donors (Lipinski definition) is 1. The lowest BCUT2D eigenvalue weighted by atomic mass is 10.2. The molecule has 0 bridgehead atoms. The van der Waals surface area contributed by atoms with Crippen LogP contribution in [0.25, 0.3) is 0 Å². The van der Waals surface area contributed by atoms with Gasteiger partial charge in [-0.05, 0) is 36.2 Å². The van der Waals surface area contributed by atoms with Crippen LogP contribution in [0.15, 0.2) is 47.1 Å². The van der Waals surface area contributed by atoms with E-state index in [1.54, 1.807) is 19.2 Å². The Hall–Kier alpha value is -1.79. The molecule has 0 radical (unpaired) electrons. The highest BCUT2D eigenvalue weighted by Gasteiger charge is 2.11. The molecule has 0 spiro atoms. The molecule has 5 nitrogen and oxygen atoms in total. The van der Waals surface area contributed by atoms with E-state index in [1.807, 2.05) is 24.3 Å². The quantitative estimate of drug-likeness (QED) is 0.847. The first-order valence-corrected chi connectivity index (χ1v) is 7.87. The van der Waals surface area contributed by atoms with Crippen LogP contribution in [-0.4, -0.2) is 21.3 Å². The Bertz CT molecular complexity index is 635. The number of ether oxygens (including phenoxy) is 1. The molecule has 0 amide bonds. The number of sulfonamides is 1. The van der Waals surface area contributed by atoms with Gasteiger partial charge in [0.15, 0.2) is 0 Å². The summed E-state index contributed by atoms with van der Waals surface area (Å²) in [5, 5.41) is 0. The maximum atomic E-state index is 11.9. The van der Waals surface area contributed by atoms with Crippen molar-refractivity contribution in [3.63, 3.8) is 0 Å². The van der Waals surface area contributed by atoms with Gasteiger partial charge in [-0.1, -0.05) is 12.1 Å². The summed E-state index contributed by atoms with van der Waals surface area (Å²) in [5.41, 5.74) is 0.924. The van der Waals surface area contributed by atoms with Crippen LogP contribution in [-0.2, 0) is 23.0 Å². The molecular weight excluding hydrogens is 278 g/mol. The maximum Gasteiger partial charge on any atom is 0.212 e.